The van der Waals surface area contributed by atoms with Gasteiger partial charge in [0.15, 0.2) is 0 Å². The molecule has 0 saturated heterocycles. The maximum Gasteiger partial charge on any atom is 3.00 e. The van der Waals surface area contributed by atoms with Crippen molar-refractivity contribution in [2.24, 2.45) is 0 Å². The Morgan fingerprint density at radius 3 is 1.84 bits per heavy atom. The summed E-state index contributed by atoms with van der Waals surface area (Å²) in [7, 11) is 5.21. The summed E-state index contributed by atoms with van der Waals surface area (Å²) in [6.07, 6.45) is 0. The molecular formula is C26H40MoN3Si. The van der Waals surface area contributed by atoms with Crippen LogP contribution < -0.4 is 10.2 Å². The first-order chi connectivity index (χ1) is 14.0. The molecule has 0 aromatic heterocycles. The molecule has 1 N–H and O–H groups in total. The van der Waals surface area contributed by atoms with Gasteiger partial charge < -0.3 is 15.6 Å². The van der Waals surface area contributed by atoms with Gasteiger partial charge in [-0.1, -0.05) is 62.0 Å². The van der Waals surface area contributed by atoms with Crippen LogP contribution >= 0.6 is 0 Å². The molecule has 0 fully saturated rings. The minimum Gasteiger partial charge on any atom is -0.668 e. The molecule has 0 aliphatic rings. The second-order valence-corrected chi connectivity index (χ2v) is 13.2. The third kappa shape index (κ3) is 8.71. The zero-order chi connectivity index (χ0) is 22.9. The van der Waals surface area contributed by atoms with Gasteiger partial charge in [0.25, 0.3) is 0 Å². The first-order valence-electron chi connectivity index (χ1n) is 10.5. The summed E-state index contributed by atoms with van der Waals surface area (Å²) in [6, 6.07) is 19.8. The number of fused-ring (bicyclic) bond motifs is 1. The molecule has 0 bridgehead atoms. The van der Waals surface area contributed by atoms with Crippen LogP contribution in [0, 0.1) is 6.92 Å². The molecule has 3 nitrogen and oxygen atoms in total. The number of rotatable bonds is 3. The Kier molecular flexibility index (Phi) is 12.9. The maximum atomic E-state index is 3.95. The molecule has 0 amide bonds. The van der Waals surface area contributed by atoms with Crippen LogP contribution in [0.5, 0.6) is 0 Å². The molecule has 0 aliphatic heterocycles. The number of nitrogens with zero attached hydrogens (tertiary/aromatic N) is 2. The minimum absolute atomic E-state index is 0. The zero-order valence-electron chi connectivity index (χ0n) is 21.0. The average Bonchev–Trinajstić information content (AvgIpc) is 2.98. The summed E-state index contributed by atoms with van der Waals surface area (Å²) < 4.78 is 0. The molecule has 31 heavy (non-hydrogen) atoms. The molecule has 169 valence electrons. The van der Waals surface area contributed by atoms with E-state index in [0.717, 1.165) is 0 Å². The van der Waals surface area contributed by atoms with Gasteiger partial charge in [-0.3, -0.25) is 0 Å². The summed E-state index contributed by atoms with van der Waals surface area (Å²) in [5, 5.41) is 11.3. The van der Waals surface area contributed by atoms with Crippen LogP contribution in [0.25, 0.3) is 32.5 Å². The summed E-state index contributed by atoms with van der Waals surface area (Å²) >= 11 is 0. The third-order valence-corrected chi connectivity index (χ3v) is 7.78. The van der Waals surface area contributed by atoms with E-state index in [1.54, 1.807) is 33.4 Å². The van der Waals surface area contributed by atoms with Gasteiger partial charge in [0, 0.05) is 5.54 Å². The molecule has 3 rings (SSSR count). The number of hydrogen-bond acceptors (Lipinski definition) is 1. The topological polar surface area (TPSA) is 40.2 Å². The van der Waals surface area contributed by atoms with Crippen LogP contribution in [0.1, 0.15) is 26.3 Å². The van der Waals surface area contributed by atoms with Crippen LogP contribution in [0.3, 0.4) is 0 Å². The Balaban J connectivity index is 0.00000116. The van der Waals surface area contributed by atoms with E-state index in [1.165, 1.54) is 27.5 Å². The standard InChI is InChI=1S/C22H28NSi.2C2H6N.Mo/c1-16-15-18-13-10-14-19(17-11-8-7-9-12-17)20(18)21(16)24(5,6)23-22(2,3)4;2*1-3-2;/h7-15,23H,1-6H3;2*1-2H3;/q3*-1;+3. The summed E-state index contributed by atoms with van der Waals surface area (Å²) in [4.78, 5) is 3.95. The fraction of sp³-hybridized carbons (Fsp3) is 0.423. The van der Waals surface area contributed by atoms with Gasteiger partial charge in [-0.25, -0.2) is 0 Å². The fourth-order valence-corrected chi connectivity index (χ4v) is 8.10. The van der Waals surface area contributed by atoms with Crippen molar-refractivity contribution in [1.29, 1.82) is 0 Å². The van der Waals surface area contributed by atoms with Crippen molar-refractivity contribution in [2.75, 3.05) is 28.2 Å². The molecule has 5 heteroatoms. The number of hydrogen-bond donors (Lipinski definition) is 1. The van der Waals surface area contributed by atoms with Gasteiger partial charge in [0.1, 0.15) is 0 Å². The van der Waals surface area contributed by atoms with Crippen LogP contribution in [0.4, 0.5) is 0 Å². The van der Waals surface area contributed by atoms with Crippen molar-refractivity contribution in [3.8, 4) is 11.1 Å². The number of benzene rings is 2. The van der Waals surface area contributed by atoms with Gasteiger partial charge in [0.05, 0.1) is 8.24 Å². The molecular weight excluding hydrogens is 478 g/mol. The molecule has 0 atom stereocenters. The first kappa shape index (κ1) is 29.8. The molecule has 0 spiro atoms. The number of nitrogens with one attached hydrogen (secondary N) is 1. The smallest absolute Gasteiger partial charge is 0.668 e. The van der Waals surface area contributed by atoms with Crippen LogP contribution in [0.15, 0.2) is 54.6 Å². The summed E-state index contributed by atoms with van der Waals surface area (Å²) in [5.41, 5.74) is 4.19. The van der Waals surface area contributed by atoms with E-state index in [4.69, 9.17) is 0 Å². The Bertz CT molecular complexity index is 894. The van der Waals surface area contributed by atoms with E-state index >= 15 is 0 Å². The predicted octanol–water partition coefficient (Wildman–Crippen LogP) is 6.57. The van der Waals surface area contributed by atoms with Crippen molar-refractivity contribution in [2.45, 2.75) is 46.3 Å². The van der Waals surface area contributed by atoms with Crippen LogP contribution in [-0.4, -0.2) is 42.0 Å². The largest absolute Gasteiger partial charge is 3.00 e. The average molecular weight is 519 g/mol. The van der Waals surface area contributed by atoms with E-state index < -0.39 is 8.24 Å². The SMILES string of the molecule is C[N-]C.C[N-]C.Cc1[cH-]c2cccc(-c3ccccc3)c2c1[Si](C)(C)NC(C)(C)C.[Mo+3]. The van der Waals surface area contributed by atoms with Gasteiger partial charge in [-0.15, -0.1) is 39.7 Å². The van der Waals surface area contributed by atoms with E-state index in [-0.39, 0.29) is 26.6 Å². The van der Waals surface area contributed by atoms with E-state index in [0.29, 0.717) is 0 Å². The van der Waals surface area contributed by atoms with Crippen molar-refractivity contribution < 1.29 is 21.1 Å². The second kappa shape index (κ2) is 13.4. The van der Waals surface area contributed by atoms with Crippen LogP contribution in [-0.2, 0) is 21.1 Å². The van der Waals surface area contributed by atoms with Gasteiger partial charge in [-0.2, -0.15) is 28.2 Å². The molecule has 0 unspecified atom stereocenters. The van der Waals surface area contributed by atoms with E-state index in [9.17, 15) is 0 Å². The molecule has 0 aliphatic carbocycles. The fourth-order valence-electron chi connectivity index (χ4n) is 4.14. The summed E-state index contributed by atoms with van der Waals surface area (Å²) in [5.74, 6) is 0. The van der Waals surface area contributed by atoms with E-state index in [2.05, 4.69) is 111 Å². The number of aryl methyl sites for hydroxylation is 1. The molecule has 0 heterocycles. The molecule has 0 saturated carbocycles. The van der Waals surface area contributed by atoms with E-state index in [1.807, 2.05) is 0 Å². The van der Waals surface area contributed by atoms with Crippen molar-refractivity contribution in [1.82, 2.24) is 4.98 Å². The Labute approximate surface area is 206 Å². The van der Waals surface area contributed by atoms with Crippen LogP contribution in [0.2, 0.25) is 13.1 Å². The zero-order valence-corrected chi connectivity index (χ0v) is 24.0. The van der Waals surface area contributed by atoms with Crippen molar-refractivity contribution in [3.05, 3.63) is 70.8 Å². The monoisotopic (exact) mass is 520 g/mol. The quantitative estimate of drug-likeness (QED) is 0.309. The maximum absolute atomic E-state index is 3.95. The second-order valence-electron chi connectivity index (χ2n) is 9.23. The van der Waals surface area contributed by atoms with Gasteiger partial charge in [-0.05, 0) is 26.3 Å². The molecule has 3 aromatic carbocycles. The Morgan fingerprint density at radius 1 is 0.839 bits per heavy atom. The Morgan fingerprint density at radius 2 is 1.35 bits per heavy atom. The normalized spacial score (nSPS) is 11.0. The van der Waals surface area contributed by atoms with Crippen molar-refractivity contribution >= 4 is 24.2 Å². The summed E-state index contributed by atoms with van der Waals surface area (Å²) in [6.45, 7) is 13.9. The van der Waals surface area contributed by atoms with Crippen molar-refractivity contribution in [3.63, 3.8) is 0 Å². The molecule has 3 aromatic rings. The first-order valence-corrected chi connectivity index (χ1v) is 13.5. The third-order valence-electron chi connectivity index (χ3n) is 4.51. The molecule has 1 radical (unpaired) electrons. The Hall–Kier alpha value is -1.16. The predicted molar refractivity (Wildman–Crippen MR) is 140 cm³/mol. The minimum atomic E-state index is -1.79. The van der Waals surface area contributed by atoms with Gasteiger partial charge >= 0.3 is 21.1 Å². The van der Waals surface area contributed by atoms with Gasteiger partial charge in [0.2, 0.25) is 0 Å².